The molecule has 0 spiro atoms. The number of anilines is 1. The summed E-state index contributed by atoms with van der Waals surface area (Å²) in [6.45, 7) is 0.820. The van der Waals surface area contributed by atoms with E-state index >= 15 is 0 Å². The molecule has 1 aliphatic heterocycles. The Balaban J connectivity index is 1.44. The van der Waals surface area contributed by atoms with Gasteiger partial charge in [-0.05, 0) is 49.2 Å². The third-order valence-corrected chi connectivity index (χ3v) is 7.28. The van der Waals surface area contributed by atoms with Gasteiger partial charge in [-0.1, -0.05) is 6.07 Å². The Labute approximate surface area is 194 Å². The quantitative estimate of drug-likeness (QED) is 0.498. The maximum absolute atomic E-state index is 14.0. The van der Waals surface area contributed by atoms with Crippen molar-refractivity contribution in [3.8, 4) is 17.0 Å². The van der Waals surface area contributed by atoms with Crippen LogP contribution in [0.25, 0.3) is 11.3 Å². The molecule has 4 rings (SSSR count). The number of benzene rings is 2. The first-order valence-electron chi connectivity index (χ1n) is 10.2. The molecular weight excluding hydrogens is 469 g/mol. The van der Waals surface area contributed by atoms with Gasteiger partial charge in [0.1, 0.15) is 0 Å². The Bertz CT molecular complexity index is 1260. The number of carbonyl (C=O) groups is 1. The van der Waals surface area contributed by atoms with E-state index in [1.54, 1.807) is 11.4 Å². The maximum atomic E-state index is 14.0. The standard InChI is InChI=1S/C22H22FN3O5S2/c1-30-20-8-7-14(11-18(20)23)19-13-32-22(25-19)26-21(27)15-4-2-6-17(10-15)33(28,29)24-12-16-5-3-9-31-16/h2,4,6-8,10-11,13,16,24H,3,5,9,12H2,1H3,(H,25,26,27). The van der Waals surface area contributed by atoms with Crippen LogP contribution in [0.3, 0.4) is 0 Å². The number of thiazole rings is 1. The van der Waals surface area contributed by atoms with Gasteiger partial charge in [0.05, 0.1) is 23.8 Å². The van der Waals surface area contributed by atoms with Gasteiger partial charge in [0.25, 0.3) is 5.91 Å². The van der Waals surface area contributed by atoms with Crippen LogP contribution in [0, 0.1) is 5.82 Å². The van der Waals surface area contributed by atoms with Crippen molar-refractivity contribution in [2.24, 2.45) is 0 Å². The van der Waals surface area contributed by atoms with Gasteiger partial charge < -0.3 is 9.47 Å². The highest BCUT2D eigenvalue weighted by atomic mass is 32.2. The topological polar surface area (TPSA) is 107 Å². The maximum Gasteiger partial charge on any atom is 0.257 e. The lowest BCUT2D eigenvalue weighted by atomic mass is 10.1. The summed E-state index contributed by atoms with van der Waals surface area (Å²) in [5.41, 5.74) is 1.20. The van der Waals surface area contributed by atoms with E-state index in [1.165, 1.54) is 54.8 Å². The number of methoxy groups -OCH3 is 1. The molecule has 2 heterocycles. The third kappa shape index (κ3) is 5.56. The first kappa shape index (κ1) is 23.3. The fraction of sp³-hybridized carbons (Fsp3) is 0.273. The summed E-state index contributed by atoms with van der Waals surface area (Å²) in [5, 5.41) is 4.64. The zero-order valence-electron chi connectivity index (χ0n) is 17.7. The molecule has 2 N–H and O–H groups in total. The van der Waals surface area contributed by atoms with E-state index in [4.69, 9.17) is 9.47 Å². The number of hydrogen-bond donors (Lipinski definition) is 2. The van der Waals surface area contributed by atoms with Crippen LogP contribution in [0.4, 0.5) is 9.52 Å². The van der Waals surface area contributed by atoms with E-state index in [1.807, 2.05) is 0 Å². The van der Waals surface area contributed by atoms with Gasteiger partial charge >= 0.3 is 0 Å². The molecule has 0 bridgehead atoms. The lowest BCUT2D eigenvalue weighted by molar-refractivity contribution is 0.102. The number of ether oxygens (including phenoxy) is 2. The molecule has 1 aliphatic rings. The fourth-order valence-corrected chi connectivity index (χ4v) is 5.18. The van der Waals surface area contributed by atoms with Crippen molar-refractivity contribution in [2.75, 3.05) is 25.6 Å². The van der Waals surface area contributed by atoms with E-state index in [-0.39, 0.29) is 28.9 Å². The third-order valence-electron chi connectivity index (χ3n) is 5.10. The molecule has 1 atom stereocenters. The highest BCUT2D eigenvalue weighted by Crippen LogP contribution is 2.28. The van der Waals surface area contributed by atoms with Crippen LogP contribution in [-0.4, -0.2) is 45.7 Å². The molecule has 174 valence electrons. The van der Waals surface area contributed by atoms with Crippen LogP contribution in [0.15, 0.2) is 52.7 Å². The van der Waals surface area contributed by atoms with E-state index < -0.39 is 21.7 Å². The predicted octanol–water partition coefficient (Wildman–Crippen LogP) is 3.67. The number of rotatable bonds is 8. The Kier molecular flexibility index (Phi) is 7.03. The van der Waals surface area contributed by atoms with Crippen molar-refractivity contribution in [2.45, 2.75) is 23.8 Å². The van der Waals surface area contributed by atoms with Gasteiger partial charge in [-0.25, -0.2) is 22.5 Å². The number of nitrogens with one attached hydrogen (secondary N) is 2. The van der Waals surface area contributed by atoms with E-state index in [0.29, 0.717) is 23.0 Å². The molecule has 3 aromatic rings. The highest BCUT2D eigenvalue weighted by Gasteiger charge is 2.21. The average Bonchev–Trinajstić information content (AvgIpc) is 3.50. The second kappa shape index (κ2) is 9.96. The highest BCUT2D eigenvalue weighted by molar-refractivity contribution is 7.89. The summed E-state index contributed by atoms with van der Waals surface area (Å²) < 4.78 is 52.1. The summed E-state index contributed by atoms with van der Waals surface area (Å²) >= 11 is 1.17. The average molecular weight is 492 g/mol. The van der Waals surface area contributed by atoms with Crippen LogP contribution in [-0.2, 0) is 14.8 Å². The second-order valence-electron chi connectivity index (χ2n) is 7.36. The molecule has 1 saturated heterocycles. The SMILES string of the molecule is COc1ccc(-c2csc(NC(=O)c3cccc(S(=O)(=O)NCC4CCCO4)c3)n2)cc1F. The summed E-state index contributed by atoms with van der Waals surface area (Å²) in [7, 11) is -2.40. The van der Waals surface area contributed by atoms with Crippen molar-refractivity contribution in [3.63, 3.8) is 0 Å². The Morgan fingerprint density at radius 2 is 2.15 bits per heavy atom. The number of halogens is 1. The van der Waals surface area contributed by atoms with Crippen molar-refractivity contribution in [1.29, 1.82) is 0 Å². The monoisotopic (exact) mass is 491 g/mol. The minimum absolute atomic E-state index is 0.0123. The smallest absolute Gasteiger partial charge is 0.257 e. The van der Waals surface area contributed by atoms with Crippen LogP contribution < -0.4 is 14.8 Å². The summed E-state index contributed by atoms with van der Waals surface area (Å²) in [6.07, 6.45) is 1.59. The molecule has 0 aliphatic carbocycles. The molecule has 1 unspecified atom stereocenters. The number of nitrogens with zero attached hydrogens (tertiary/aromatic N) is 1. The fourth-order valence-electron chi connectivity index (χ4n) is 3.35. The van der Waals surface area contributed by atoms with Gasteiger partial charge in [0, 0.05) is 29.7 Å². The van der Waals surface area contributed by atoms with Gasteiger partial charge in [0.15, 0.2) is 16.7 Å². The van der Waals surface area contributed by atoms with Gasteiger partial charge in [-0.2, -0.15) is 0 Å². The number of hydrogen-bond acceptors (Lipinski definition) is 7. The largest absolute Gasteiger partial charge is 0.494 e. The van der Waals surface area contributed by atoms with E-state index in [9.17, 15) is 17.6 Å². The Morgan fingerprint density at radius 3 is 2.88 bits per heavy atom. The summed E-state index contributed by atoms with van der Waals surface area (Å²) in [5.74, 6) is -0.893. The number of carbonyl (C=O) groups excluding carboxylic acids is 1. The lowest BCUT2D eigenvalue weighted by Gasteiger charge is -2.12. The molecule has 8 nitrogen and oxygen atoms in total. The molecule has 1 fully saturated rings. The summed E-state index contributed by atoms with van der Waals surface area (Å²) in [4.78, 5) is 17.0. The van der Waals surface area contributed by atoms with E-state index in [0.717, 1.165) is 12.8 Å². The molecular formula is C22H22FN3O5S2. The zero-order chi connectivity index (χ0) is 23.4. The lowest BCUT2D eigenvalue weighted by Crippen LogP contribution is -2.32. The molecule has 1 aromatic heterocycles. The Hall–Kier alpha value is -2.86. The number of aromatic nitrogens is 1. The second-order valence-corrected chi connectivity index (χ2v) is 9.98. The molecule has 2 aromatic carbocycles. The first-order valence-corrected chi connectivity index (χ1v) is 12.5. The van der Waals surface area contributed by atoms with Gasteiger partial charge in [-0.15, -0.1) is 11.3 Å². The number of sulfonamides is 1. The Morgan fingerprint density at radius 1 is 1.30 bits per heavy atom. The van der Waals surface area contributed by atoms with Crippen LogP contribution in [0.5, 0.6) is 5.75 Å². The van der Waals surface area contributed by atoms with Crippen molar-refractivity contribution in [3.05, 3.63) is 59.2 Å². The zero-order valence-corrected chi connectivity index (χ0v) is 19.3. The van der Waals surface area contributed by atoms with Crippen molar-refractivity contribution < 1.29 is 27.1 Å². The van der Waals surface area contributed by atoms with Gasteiger partial charge in [0.2, 0.25) is 10.0 Å². The molecule has 11 heteroatoms. The minimum Gasteiger partial charge on any atom is -0.494 e. The minimum atomic E-state index is -3.79. The first-order chi connectivity index (χ1) is 15.9. The van der Waals surface area contributed by atoms with E-state index in [2.05, 4.69) is 15.0 Å². The van der Waals surface area contributed by atoms with Gasteiger partial charge in [-0.3, -0.25) is 10.1 Å². The van der Waals surface area contributed by atoms with Crippen LogP contribution >= 0.6 is 11.3 Å². The molecule has 0 saturated carbocycles. The van der Waals surface area contributed by atoms with Crippen molar-refractivity contribution >= 4 is 32.4 Å². The van der Waals surface area contributed by atoms with Crippen LogP contribution in [0.2, 0.25) is 0 Å². The van der Waals surface area contributed by atoms with Crippen molar-refractivity contribution in [1.82, 2.24) is 9.71 Å². The summed E-state index contributed by atoms with van der Waals surface area (Å²) in [6, 6.07) is 10.2. The number of amides is 1. The molecule has 0 radical (unpaired) electrons. The normalized spacial score (nSPS) is 16.0. The predicted molar refractivity (Wildman–Crippen MR) is 123 cm³/mol. The molecule has 1 amide bonds. The molecule has 33 heavy (non-hydrogen) atoms. The van der Waals surface area contributed by atoms with Crippen LogP contribution in [0.1, 0.15) is 23.2 Å².